The van der Waals surface area contributed by atoms with Crippen molar-refractivity contribution >= 4 is 22.4 Å². The van der Waals surface area contributed by atoms with Crippen LogP contribution in [0, 0.1) is 13.8 Å². The molecule has 1 N–H and O–H groups in total. The summed E-state index contributed by atoms with van der Waals surface area (Å²) in [5, 5.41) is 5.16. The zero-order chi connectivity index (χ0) is 22.5. The lowest BCUT2D eigenvalue weighted by atomic mass is 10.1. The van der Waals surface area contributed by atoms with Gasteiger partial charge in [0, 0.05) is 22.2 Å². The quantitative estimate of drug-likeness (QED) is 0.359. The van der Waals surface area contributed by atoms with E-state index < -0.39 is 0 Å². The lowest BCUT2D eigenvalue weighted by Crippen LogP contribution is -2.13. The molecule has 4 heteroatoms. The number of carbonyl (C=O) groups is 1. The maximum absolute atomic E-state index is 12.9. The van der Waals surface area contributed by atoms with Crippen molar-refractivity contribution in [3.05, 3.63) is 101 Å². The smallest absolute Gasteiger partial charge is 0.255 e. The van der Waals surface area contributed by atoms with Crippen LogP contribution in [0.4, 0.5) is 5.69 Å². The molecule has 4 nitrogen and oxygen atoms in total. The van der Waals surface area contributed by atoms with Crippen LogP contribution in [0.5, 0.6) is 11.5 Å². The summed E-state index contributed by atoms with van der Waals surface area (Å²) < 4.78 is 11.9. The standard InChI is InChI=1S/C28H27NO3/c1-4-31-26-15-13-22(28(30)29-24-14-12-19(2)20(3)16-24)17-23(26)18-32-27-11-7-9-21-8-5-6-10-25(21)27/h5-17H,4,18H2,1-3H3,(H,29,30). The molecule has 4 rings (SSSR count). The van der Waals surface area contributed by atoms with Crippen LogP contribution in [0.3, 0.4) is 0 Å². The average molecular weight is 426 g/mol. The van der Waals surface area contributed by atoms with E-state index in [1.54, 1.807) is 6.07 Å². The maximum Gasteiger partial charge on any atom is 0.255 e. The minimum absolute atomic E-state index is 0.164. The fraction of sp³-hybridized carbons (Fsp3) is 0.179. The molecule has 4 aromatic rings. The Morgan fingerprint density at radius 3 is 2.44 bits per heavy atom. The fourth-order valence-corrected chi connectivity index (χ4v) is 3.63. The van der Waals surface area contributed by atoms with Gasteiger partial charge < -0.3 is 14.8 Å². The number of ether oxygens (including phenoxy) is 2. The van der Waals surface area contributed by atoms with Crippen LogP contribution in [0.2, 0.25) is 0 Å². The van der Waals surface area contributed by atoms with Crippen LogP contribution in [0.1, 0.15) is 34.0 Å². The van der Waals surface area contributed by atoms with E-state index in [2.05, 4.69) is 24.4 Å². The normalized spacial score (nSPS) is 10.7. The molecule has 0 fully saturated rings. The molecule has 0 aliphatic heterocycles. The summed E-state index contributed by atoms with van der Waals surface area (Å²) in [5.41, 5.74) is 4.49. The van der Waals surface area contributed by atoms with Gasteiger partial charge in [0.2, 0.25) is 0 Å². The number of amides is 1. The number of aryl methyl sites for hydroxylation is 2. The largest absolute Gasteiger partial charge is 0.493 e. The van der Waals surface area contributed by atoms with Crippen molar-refractivity contribution < 1.29 is 14.3 Å². The third kappa shape index (κ3) is 4.75. The molecule has 1 amide bonds. The second-order valence-corrected chi connectivity index (χ2v) is 7.77. The molecule has 0 aromatic heterocycles. The van der Waals surface area contributed by atoms with Gasteiger partial charge in [-0.1, -0.05) is 42.5 Å². The first kappa shape index (κ1) is 21.4. The van der Waals surface area contributed by atoms with E-state index in [0.29, 0.717) is 18.8 Å². The number of fused-ring (bicyclic) bond motifs is 1. The highest BCUT2D eigenvalue weighted by molar-refractivity contribution is 6.04. The fourth-order valence-electron chi connectivity index (χ4n) is 3.63. The Morgan fingerprint density at radius 1 is 0.812 bits per heavy atom. The van der Waals surface area contributed by atoms with Gasteiger partial charge in [0.05, 0.1) is 6.61 Å². The number of hydrogen-bond acceptors (Lipinski definition) is 3. The maximum atomic E-state index is 12.9. The van der Waals surface area contributed by atoms with Crippen LogP contribution >= 0.6 is 0 Å². The van der Waals surface area contributed by atoms with Crippen LogP contribution in [-0.4, -0.2) is 12.5 Å². The van der Waals surface area contributed by atoms with Gasteiger partial charge in [0.1, 0.15) is 18.1 Å². The number of nitrogens with one attached hydrogen (secondary N) is 1. The molecule has 4 aromatic carbocycles. The lowest BCUT2D eigenvalue weighted by molar-refractivity contribution is 0.102. The van der Waals surface area contributed by atoms with E-state index in [1.165, 1.54) is 5.56 Å². The summed E-state index contributed by atoms with van der Waals surface area (Å²) in [6.45, 7) is 6.86. The molecule has 0 radical (unpaired) electrons. The van der Waals surface area contributed by atoms with Crippen molar-refractivity contribution in [3.63, 3.8) is 0 Å². The third-order valence-corrected chi connectivity index (χ3v) is 5.52. The van der Waals surface area contributed by atoms with E-state index in [0.717, 1.165) is 39.1 Å². The van der Waals surface area contributed by atoms with Crippen molar-refractivity contribution in [2.24, 2.45) is 0 Å². The van der Waals surface area contributed by atoms with E-state index in [9.17, 15) is 4.79 Å². The van der Waals surface area contributed by atoms with Gasteiger partial charge in [-0.3, -0.25) is 4.79 Å². The summed E-state index contributed by atoms with van der Waals surface area (Å²) >= 11 is 0. The van der Waals surface area contributed by atoms with Crippen LogP contribution < -0.4 is 14.8 Å². The molecule has 32 heavy (non-hydrogen) atoms. The molecule has 0 saturated heterocycles. The highest BCUT2D eigenvalue weighted by Gasteiger charge is 2.13. The zero-order valence-electron chi connectivity index (χ0n) is 18.6. The van der Waals surface area contributed by atoms with E-state index in [-0.39, 0.29) is 5.91 Å². The topological polar surface area (TPSA) is 47.6 Å². The monoisotopic (exact) mass is 425 g/mol. The Morgan fingerprint density at radius 2 is 1.62 bits per heavy atom. The first-order chi connectivity index (χ1) is 15.5. The van der Waals surface area contributed by atoms with Gasteiger partial charge in [0.15, 0.2) is 0 Å². The third-order valence-electron chi connectivity index (χ3n) is 5.52. The van der Waals surface area contributed by atoms with Crippen LogP contribution in [0.25, 0.3) is 10.8 Å². The van der Waals surface area contributed by atoms with Crippen molar-refractivity contribution in [1.29, 1.82) is 0 Å². The van der Waals surface area contributed by atoms with Gasteiger partial charge >= 0.3 is 0 Å². The Bertz CT molecular complexity index is 1260. The van der Waals surface area contributed by atoms with E-state index in [4.69, 9.17) is 9.47 Å². The van der Waals surface area contributed by atoms with Crippen molar-refractivity contribution in [2.45, 2.75) is 27.4 Å². The number of rotatable bonds is 7. The number of anilines is 1. The SMILES string of the molecule is CCOc1ccc(C(=O)Nc2ccc(C)c(C)c2)cc1COc1cccc2ccccc12. The number of carbonyl (C=O) groups excluding carboxylic acids is 1. The molecule has 0 saturated carbocycles. The summed E-state index contributed by atoms with van der Waals surface area (Å²) in [5.74, 6) is 1.36. The average Bonchev–Trinajstić information content (AvgIpc) is 2.81. The van der Waals surface area contributed by atoms with Crippen molar-refractivity contribution in [2.75, 3.05) is 11.9 Å². The molecular formula is C28H27NO3. The highest BCUT2D eigenvalue weighted by atomic mass is 16.5. The number of hydrogen-bond donors (Lipinski definition) is 1. The Hall–Kier alpha value is -3.79. The highest BCUT2D eigenvalue weighted by Crippen LogP contribution is 2.28. The molecular weight excluding hydrogens is 398 g/mol. The lowest BCUT2D eigenvalue weighted by Gasteiger charge is -2.15. The minimum Gasteiger partial charge on any atom is -0.493 e. The molecule has 0 bridgehead atoms. The zero-order valence-corrected chi connectivity index (χ0v) is 18.6. The second kappa shape index (κ2) is 9.56. The van der Waals surface area contributed by atoms with E-state index >= 15 is 0 Å². The molecule has 162 valence electrons. The molecule has 0 unspecified atom stereocenters. The molecule has 0 aliphatic rings. The van der Waals surface area contributed by atoms with Gasteiger partial charge in [-0.25, -0.2) is 0 Å². The van der Waals surface area contributed by atoms with Crippen LogP contribution in [-0.2, 0) is 6.61 Å². The summed E-state index contributed by atoms with van der Waals surface area (Å²) in [4.78, 5) is 12.9. The molecule has 0 spiro atoms. The summed E-state index contributed by atoms with van der Waals surface area (Å²) in [6.07, 6.45) is 0. The summed E-state index contributed by atoms with van der Waals surface area (Å²) in [6, 6.07) is 25.5. The summed E-state index contributed by atoms with van der Waals surface area (Å²) in [7, 11) is 0. The van der Waals surface area contributed by atoms with Gasteiger partial charge in [0.25, 0.3) is 5.91 Å². The Labute approximate surface area is 188 Å². The van der Waals surface area contributed by atoms with Gasteiger partial charge in [-0.05, 0) is 73.7 Å². The van der Waals surface area contributed by atoms with Crippen LogP contribution in [0.15, 0.2) is 78.9 Å². The first-order valence-electron chi connectivity index (χ1n) is 10.8. The Balaban J connectivity index is 1.57. The predicted octanol–water partition coefficient (Wildman–Crippen LogP) is 6.69. The molecule has 0 atom stereocenters. The van der Waals surface area contributed by atoms with E-state index in [1.807, 2.05) is 74.5 Å². The molecule has 0 aliphatic carbocycles. The Kier molecular flexibility index (Phi) is 6.41. The first-order valence-corrected chi connectivity index (χ1v) is 10.8. The van der Waals surface area contributed by atoms with Gasteiger partial charge in [-0.2, -0.15) is 0 Å². The molecule has 0 heterocycles. The van der Waals surface area contributed by atoms with Crippen molar-refractivity contribution in [3.8, 4) is 11.5 Å². The second-order valence-electron chi connectivity index (χ2n) is 7.77. The number of benzene rings is 4. The minimum atomic E-state index is -0.164. The van der Waals surface area contributed by atoms with Crippen molar-refractivity contribution in [1.82, 2.24) is 0 Å². The van der Waals surface area contributed by atoms with Gasteiger partial charge in [-0.15, -0.1) is 0 Å². The predicted molar refractivity (Wildman–Crippen MR) is 130 cm³/mol.